The van der Waals surface area contributed by atoms with Crippen LogP contribution in [-0.4, -0.2) is 28.7 Å². The van der Waals surface area contributed by atoms with E-state index in [-0.39, 0.29) is 18.4 Å². The number of aliphatic hydroxyl groups excluding tert-OH is 1. The molecule has 4 heteroatoms. The molecule has 0 radical (unpaired) electrons. The van der Waals surface area contributed by atoms with Gasteiger partial charge in [0.1, 0.15) is 5.82 Å². The predicted octanol–water partition coefficient (Wildman–Crippen LogP) is 5.07. The summed E-state index contributed by atoms with van der Waals surface area (Å²) in [7, 11) is 2.04. The van der Waals surface area contributed by atoms with Gasteiger partial charge in [-0.25, -0.2) is 4.98 Å². The second-order valence-corrected chi connectivity index (χ2v) is 8.14. The van der Waals surface area contributed by atoms with Gasteiger partial charge in [-0.1, -0.05) is 40.7 Å². The zero-order valence-electron chi connectivity index (χ0n) is 18.0. The van der Waals surface area contributed by atoms with Crippen LogP contribution in [-0.2, 0) is 12.8 Å². The normalized spacial score (nSPS) is 17.1. The topological polar surface area (TPSA) is 49.2 Å². The highest BCUT2D eigenvalue weighted by molar-refractivity contribution is 5.71. The van der Waals surface area contributed by atoms with Gasteiger partial charge in [0.15, 0.2) is 0 Å². The Labute approximate surface area is 169 Å². The average molecular weight is 380 g/mol. The Balaban J connectivity index is 2.18. The first-order valence-corrected chi connectivity index (χ1v) is 10.5. The van der Waals surface area contributed by atoms with Crippen LogP contribution in [0.15, 0.2) is 30.5 Å². The monoisotopic (exact) mass is 379 g/mol. The standard InChI is InChI=1S/C24H33N3O/c1-7-17-13-20-18(16(5)14-28)11-12-27(6)24(20)26-23(17)19-9-10-22(15(3)4)25-21(19)8-2/h9-13,15-16,18,28H,7-8,14H2,1-6H3/t16?,18-/m1/s1. The molecule has 1 aliphatic rings. The van der Waals surface area contributed by atoms with Crippen molar-refractivity contribution in [3.8, 4) is 11.3 Å². The first kappa shape index (κ1) is 20.5. The molecule has 2 aromatic rings. The van der Waals surface area contributed by atoms with Crippen LogP contribution in [0.3, 0.4) is 0 Å². The molecule has 0 saturated carbocycles. The fourth-order valence-corrected chi connectivity index (χ4v) is 3.92. The summed E-state index contributed by atoms with van der Waals surface area (Å²) in [4.78, 5) is 12.2. The highest BCUT2D eigenvalue weighted by Gasteiger charge is 2.27. The molecule has 4 nitrogen and oxygen atoms in total. The molecule has 28 heavy (non-hydrogen) atoms. The zero-order chi connectivity index (χ0) is 20.4. The lowest BCUT2D eigenvalue weighted by atomic mass is 9.84. The van der Waals surface area contributed by atoms with E-state index in [4.69, 9.17) is 9.97 Å². The van der Waals surface area contributed by atoms with Gasteiger partial charge in [-0.15, -0.1) is 0 Å². The highest BCUT2D eigenvalue weighted by atomic mass is 16.3. The fraction of sp³-hybridized carbons (Fsp3) is 0.500. The second-order valence-electron chi connectivity index (χ2n) is 8.14. The van der Waals surface area contributed by atoms with Crippen LogP contribution < -0.4 is 4.90 Å². The molecule has 0 aliphatic carbocycles. The third kappa shape index (κ3) is 3.70. The first-order valence-electron chi connectivity index (χ1n) is 10.5. The van der Waals surface area contributed by atoms with E-state index in [1.165, 1.54) is 11.1 Å². The summed E-state index contributed by atoms with van der Waals surface area (Å²) in [6, 6.07) is 6.63. The van der Waals surface area contributed by atoms with Crippen LogP contribution in [0.5, 0.6) is 0 Å². The number of hydrogen-bond acceptors (Lipinski definition) is 4. The summed E-state index contributed by atoms with van der Waals surface area (Å²) < 4.78 is 0. The van der Waals surface area contributed by atoms with Crippen LogP contribution in [0, 0.1) is 5.92 Å². The number of fused-ring (bicyclic) bond motifs is 1. The van der Waals surface area contributed by atoms with Crippen molar-refractivity contribution in [1.29, 1.82) is 0 Å². The third-order valence-electron chi connectivity index (χ3n) is 5.78. The molecule has 0 bridgehead atoms. The van der Waals surface area contributed by atoms with Crippen LogP contribution >= 0.6 is 0 Å². The van der Waals surface area contributed by atoms with Crippen molar-refractivity contribution in [2.24, 2.45) is 5.92 Å². The highest BCUT2D eigenvalue weighted by Crippen LogP contribution is 2.39. The molecular formula is C24H33N3O. The number of pyridine rings is 2. The van der Waals surface area contributed by atoms with Gasteiger partial charge < -0.3 is 10.0 Å². The van der Waals surface area contributed by atoms with Gasteiger partial charge in [0.2, 0.25) is 0 Å². The molecule has 1 N–H and O–H groups in total. The van der Waals surface area contributed by atoms with E-state index in [2.05, 4.69) is 70.0 Å². The van der Waals surface area contributed by atoms with Crippen LogP contribution in [0.2, 0.25) is 0 Å². The van der Waals surface area contributed by atoms with Crippen LogP contribution in [0.4, 0.5) is 5.82 Å². The van der Waals surface area contributed by atoms with E-state index >= 15 is 0 Å². The van der Waals surface area contributed by atoms with E-state index in [0.29, 0.717) is 5.92 Å². The van der Waals surface area contributed by atoms with Crippen molar-refractivity contribution in [3.63, 3.8) is 0 Å². The lowest BCUT2D eigenvalue weighted by Gasteiger charge is -2.31. The maximum Gasteiger partial charge on any atom is 0.136 e. The molecule has 0 aromatic carbocycles. The summed E-state index contributed by atoms with van der Waals surface area (Å²) in [5.74, 6) is 1.75. The van der Waals surface area contributed by atoms with Crippen LogP contribution in [0.1, 0.15) is 69.0 Å². The predicted molar refractivity (Wildman–Crippen MR) is 117 cm³/mol. The lowest BCUT2D eigenvalue weighted by molar-refractivity contribution is 0.226. The number of rotatable bonds is 6. The summed E-state index contributed by atoms with van der Waals surface area (Å²) in [5.41, 5.74) is 6.87. The molecule has 0 saturated heterocycles. The SMILES string of the molecule is CCc1cc2c(nc1-c1ccc(C(C)C)nc1CC)N(C)C=C[C@@H]2C(C)CO. The molecule has 0 amide bonds. The molecular weight excluding hydrogens is 346 g/mol. The van der Waals surface area contributed by atoms with E-state index in [1.54, 1.807) is 0 Å². The number of nitrogens with zero attached hydrogens (tertiary/aromatic N) is 3. The minimum atomic E-state index is 0.166. The maximum absolute atomic E-state index is 9.70. The van der Waals surface area contributed by atoms with Gasteiger partial charge in [0.05, 0.1) is 5.69 Å². The Kier molecular flexibility index (Phi) is 6.19. The molecule has 1 unspecified atom stereocenters. The Morgan fingerprint density at radius 3 is 2.46 bits per heavy atom. The summed E-state index contributed by atoms with van der Waals surface area (Å²) in [6.07, 6.45) is 6.05. The minimum absolute atomic E-state index is 0.166. The van der Waals surface area contributed by atoms with Crippen molar-refractivity contribution >= 4 is 5.82 Å². The molecule has 3 heterocycles. The molecule has 150 valence electrons. The van der Waals surface area contributed by atoms with Gasteiger partial charge >= 0.3 is 0 Å². The molecule has 0 spiro atoms. The van der Waals surface area contributed by atoms with E-state index in [1.807, 2.05) is 7.05 Å². The van der Waals surface area contributed by atoms with Crippen molar-refractivity contribution in [2.75, 3.05) is 18.6 Å². The smallest absolute Gasteiger partial charge is 0.136 e. The molecule has 1 aliphatic heterocycles. The van der Waals surface area contributed by atoms with E-state index in [9.17, 15) is 5.11 Å². The van der Waals surface area contributed by atoms with Crippen LogP contribution in [0.25, 0.3) is 11.3 Å². The zero-order valence-corrected chi connectivity index (χ0v) is 18.0. The molecule has 3 rings (SSSR count). The fourth-order valence-electron chi connectivity index (χ4n) is 3.92. The van der Waals surface area contributed by atoms with E-state index in [0.717, 1.165) is 41.3 Å². The Hall–Kier alpha value is -2.20. The van der Waals surface area contributed by atoms with Crippen molar-refractivity contribution in [1.82, 2.24) is 9.97 Å². The van der Waals surface area contributed by atoms with Crippen molar-refractivity contribution in [3.05, 3.63) is 53.0 Å². The lowest BCUT2D eigenvalue weighted by Crippen LogP contribution is -2.23. The Morgan fingerprint density at radius 1 is 1.11 bits per heavy atom. The average Bonchev–Trinajstić information content (AvgIpc) is 2.72. The second kappa shape index (κ2) is 8.44. The number of aliphatic hydroxyl groups is 1. The van der Waals surface area contributed by atoms with Crippen molar-refractivity contribution < 1.29 is 5.11 Å². The number of hydrogen-bond donors (Lipinski definition) is 1. The van der Waals surface area contributed by atoms with Gasteiger partial charge in [-0.3, -0.25) is 4.98 Å². The minimum Gasteiger partial charge on any atom is -0.396 e. The quantitative estimate of drug-likeness (QED) is 0.761. The Morgan fingerprint density at radius 2 is 1.86 bits per heavy atom. The number of allylic oxidation sites excluding steroid dienone is 1. The van der Waals surface area contributed by atoms with Gasteiger partial charge in [0, 0.05) is 48.3 Å². The third-order valence-corrected chi connectivity index (χ3v) is 5.78. The number of aryl methyl sites for hydroxylation is 2. The number of aromatic nitrogens is 2. The Bertz CT molecular complexity index is 872. The summed E-state index contributed by atoms with van der Waals surface area (Å²) in [5, 5.41) is 9.70. The largest absolute Gasteiger partial charge is 0.396 e. The van der Waals surface area contributed by atoms with Gasteiger partial charge in [-0.05, 0) is 48.4 Å². The summed E-state index contributed by atoms with van der Waals surface area (Å²) >= 11 is 0. The number of anilines is 1. The molecule has 0 fully saturated rings. The maximum atomic E-state index is 9.70. The first-order chi connectivity index (χ1) is 13.4. The van der Waals surface area contributed by atoms with E-state index < -0.39 is 0 Å². The van der Waals surface area contributed by atoms with Gasteiger partial charge in [-0.2, -0.15) is 0 Å². The molecule has 2 aromatic heterocycles. The van der Waals surface area contributed by atoms with Crippen molar-refractivity contribution in [2.45, 2.75) is 59.3 Å². The van der Waals surface area contributed by atoms with Gasteiger partial charge in [0.25, 0.3) is 0 Å². The summed E-state index contributed by atoms with van der Waals surface area (Å²) in [6.45, 7) is 11.0. The molecule has 2 atom stereocenters.